The fourth-order valence-corrected chi connectivity index (χ4v) is 3.48. The lowest BCUT2D eigenvalue weighted by Crippen LogP contribution is -2.49. The minimum atomic E-state index is -0.0683. The van der Waals surface area contributed by atoms with Crippen molar-refractivity contribution < 1.29 is 9.53 Å². The van der Waals surface area contributed by atoms with Gasteiger partial charge in [0.15, 0.2) is 0 Å². The summed E-state index contributed by atoms with van der Waals surface area (Å²) in [5.74, 6) is 0.744. The van der Waals surface area contributed by atoms with Crippen molar-refractivity contribution in [2.45, 2.75) is 31.7 Å². The van der Waals surface area contributed by atoms with Crippen LogP contribution in [0.1, 0.15) is 24.8 Å². The molecule has 1 fully saturated rings. The number of ether oxygens (including phenoxy) is 1. The number of hydrogen-bond donors (Lipinski definition) is 1. The second kappa shape index (κ2) is 6.48. The number of nitrogens with one attached hydrogen (secondary N) is 1. The van der Waals surface area contributed by atoms with Crippen molar-refractivity contribution in [3.8, 4) is 0 Å². The molecule has 2 atom stereocenters. The number of likely N-dealkylation sites (tertiary alicyclic amines) is 1. The maximum atomic E-state index is 12.7. The van der Waals surface area contributed by atoms with Gasteiger partial charge in [0.25, 0.3) is 0 Å². The van der Waals surface area contributed by atoms with E-state index in [4.69, 9.17) is 4.74 Å². The number of carbonyl (C=O) groups excluding carboxylic acids is 1. The van der Waals surface area contributed by atoms with Gasteiger partial charge in [-0.1, -0.05) is 18.2 Å². The van der Waals surface area contributed by atoms with Gasteiger partial charge in [-0.05, 0) is 43.2 Å². The fraction of sp³-hybridized carbons (Fsp3) is 0.588. The molecule has 2 aliphatic rings. The third-order valence-electron chi connectivity index (χ3n) is 4.58. The number of hydrogen-bond acceptors (Lipinski definition) is 3. The van der Waals surface area contributed by atoms with Crippen LogP contribution >= 0.6 is 0 Å². The predicted molar refractivity (Wildman–Crippen MR) is 83.4 cm³/mol. The molecule has 0 saturated carbocycles. The van der Waals surface area contributed by atoms with Crippen LogP contribution in [0, 0.1) is 5.92 Å². The quantitative estimate of drug-likeness (QED) is 0.928. The second-order valence-corrected chi connectivity index (χ2v) is 6.14. The molecule has 4 heteroatoms. The van der Waals surface area contributed by atoms with Crippen LogP contribution in [-0.4, -0.2) is 43.7 Å². The van der Waals surface area contributed by atoms with Crippen LogP contribution in [0.4, 0.5) is 5.69 Å². The second-order valence-electron chi connectivity index (χ2n) is 6.14. The Morgan fingerprint density at radius 1 is 1.38 bits per heavy atom. The number of rotatable bonds is 3. The first-order valence-corrected chi connectivity index (χ1v) is 7.90. The Morgan fingerprint density at radius 2 is 2.24 bits per heavy atom. The molecule has 1 saturated heterocycles. The fourth-order valence-electron chi connectivity index (χ4n) is 3.48. The Balaban J connectivity index is 1.63. The molecule has 1 amide bonds. The minimum Gasteiger partial charge on any atom is -0.384 e. The van der Waals surface area contributed by atoms with E-state index in [2.05, 4.69) is 23.5 Å². The van der Waals surface area contributed by atoms with Crippen LogP contribution in [0.25, 0.3) is 0 Å². The number of para-hydroxylation sites is 1. The van der Waals surface area contributed by atoms with Crippen molar-refractivity contribution >= 4 is 11.6 Å². The van der Waals surface area contributed by atoms with E-state index in [1.54, 1.807) is 7.11 Å². The van der Waals surface area contributed by atoms with E-state index in [0.29, 0.717) is 5.92 Å². The van der Waals surface area contributed by atoms with Crippen LogP contribution in [0.5, 0.6) is 0 Å². The van der Waals surface area contributed by atoms with Gasteiger partial charge in [-0.3, -0.25) is 4.79 Å². The Labute approximate surface area is 126 Å². The van der Waals surface area contributed by atoms with Gasteiger partial charge in [0, 0.05) is 25.9 Å². The zero-order valence-electron chi connectivity index (χ0n) is 12.7. The molecule has 0 bridgehead atoms. The number of carbonyl (C=O) groups is 1. The minimum absolute atomic E-state index is 0.0683. The van der Waals surface area contributed by atoms with Gasteiger partial charge >= 0.3 is 0 Å². The summed E-state index contributed by atoms with van der Waals surface area (Å²) >= 11 is 0. The molecule has 0 aromatic heterocycles. The highest BCUT2D eigenvalue weighted by atomic mass is 16.5. The Hall–Kier alpha value is -1.55. The molecule has 1 aromatic rings. The molecule has 1 N–H and O–H groups in total. The maximum absolute atomic E-state index is 12.7. The van der Waals surface area contributed by atoms with Gasteiger partial charge in [0.1, 0.15) is 6.04 Å². The smallest absolute Gasteiger partial charge is 0.245 e. The third kappa shape index (κ3) is 3.21. The summed E-state index contributed by atoms with van der Waals surface area (Å²) in [7, 11) is 1.74. The van der Waals surface area contributed by atoms with Gasteiger partial charge in [-0.15, -0.1) is 0 Å². The van der Waals surface area contributed by atoms with E-state index >= 15 is 0 Å². The summed E-state index contributed by atoms with van der Waals surface area (Å²) in [5.41, 5.74) is 2.44. The van der Waals surface area contributed by atoms with Gasteiger partial charge in [-0.25, -0.2) is 0 Å². The lowest BCUT2D eigenvalue weighted by Gasteiger charge is -2.36. The van der Waals surface area contributed by atoms with E-state index < -0.39 is 0 Å². The third-order valence-corrected chi connectivity index (χ3v) is 4.58. The first kappa shape index (κ1) is 14.4. The number of methoxy groups -OCH3 is 1. The van der Waals surface area contributed by atoms with Crippen molar-refractivity contribution in [1.82, 2.24) is 4.90 Å². The van der Waals surface area contributed by atoms with E-state index in [0.717, 1.165) is 44.6 Å². The molecule has 3 rings (SSSR count). The first-order valence-electron chi connectivity index (χ1n) is 7.90. The maximum Gasteiger partial charge on any atom is 0.245 e. The zero-order valence-corrected chi connectivity index (χ0v) is 12.7. The number of fused-ring (bicyclic) bond motifs is 1. The monoisotopic (exact) mass is 288 g/mol. The van der Waals surface area contributed by atoms with E-state index in [-0.39, 0.29) is 11.9 Å². The normalized spacial score (nSPS) is 25.1. The number of amides is 1. The number of nitrogens with zero attached hydrogens (tertiary/aromatic N) is 1. The van der Waals surface area contributed by atoms with Crippen molar-refractivity contribution in [3.05, 3.63) is 29.8 Å². The van der Waals surface area contributed by atoms with Crippen molar-refractivity contribution in [2.24, 2.45) is 5.92 Å². The zero-order chi connectivity index (χ0) is 14.7. The number of benzene rings is 1. The van der Waals surface area contributed by atoms with Gasteiger partial charge in [0.2, 0.25) is 5.91 Å². The number of piperidine rings is 1. The average molecular weight is 288 g/mol. The largest absolute Gasteiger partial charge is 0.384 e. The van der Waals surface area contributed by atoms with Gasteiger partial charge in [0.05, 0.1) is 6.61 Å². The molecule has 0 spiro atoms. The summed E-state index contributed by atoms with van der Waals surface area (Å²) in [5, 5.41) is 3.42. The lowest BCUT2D eigenvalue weighted by atomic mass is 9.95. The van der Waals surface area contributed by atoms with Crippen molar-refractivity contribution in [2.75, 3.05) is 32.1 Å². The molecule has 21 heavy (non-hydrogen) atoms. The predicted octanol–water partition coefficient (Wildman–Crippen LogP) is 2.30. The van der Waals surface area contributed by atoms with Crippen molar-refractivity contribution in [3.63, 3.8) is 0 Å². The average Bonchev–Trinajstić information content (AvgIpc) is 2.54. The van der Waals surface area contributed by atoms with E-state index in [1.165, 1.54) is 12.0 Å². The summed E-state index contributed by atoms with van der Waals surface area (Å²) < 4.78 is 5.25. The van der Waals surface area contributed by atoms with Crippen LogP contribution in [-0.2, 0) is 16.0 Å². The first-order chi connectivity index (χ1) is 10.3. The Kier molecular flexibility index (Phi) is 4.44. The number of aryl methyl sites for hydroxylation is 1. The molecule has 0 radical (unpaired) electrons. The lowest BCUT2D eigenvalue weighted by molar-refractivity contribution is -0.134. The Bertz CT molecular complexity index is 501. The molecule has 2 unspecified atom stereocenters. The highest BCUT2D eigenvalue weighted by Crippen LogP contribution is 2.26. The molecule has 1 aromatic carbocycles. The Morgan fingerprint density at radius 3 is 3.10 bits per heavy atom. The van der Waals surface area contributed by atoms with Crippen LogP contribution < -0.4 is 5.32 Å². The highest BCUT2D eigenvalue weighted by Gasteiger charge is 2.30. The summed E-state index contributed by atoms with van der Waals surface area (Å²) in [4.78, 5) is 14.8. The van der Waals surface area contributed by atoms with E-state index in [1.807, 2.05) is 11.0 Å². The van der Waals surface area contributed by atoms with Crippen LogP contribution in [0.15, 0.2) is 24.3 Å². The standard InChI is InChI=1S/C17H24N2O2/c1-21-12-13-5-4-10-19(11-13)17(20)16-9-8-14-6-2-3-7-15(14)18-16/h2-3,6-7,13,16,18H,4-5,8-12H2,1H3. The summed E-state index contributed by atoms with van der Waals surface area (Å²) in [6.45, 7) is 2.48. The molecular weight excluding hydrogens is 264 g/mol. The van der Waals surface area contributed by atoms with Gasteiger partial charge in [-0.2, -0.15) is 0 Å². The summed E-state index contributed by atoms with van der Waals surface area (Å²) in [6.07, 6.45) is 4.12. The molecule has 0 aliphatic carbocycles. The van der Waals surface area contributed by atoms with Gasteiger partial charge < -0.3 is 15.0 Å². The molecule has 2 aliphatic heterocycles. The number of anilines is 1. The molecule has 114 valence electrons. The molecule has 2 heterocycles. The molecule has 4 nitrogen and oxygen atoms in total. The topological polar surface area (TPSA) is 41.6 Å². The van der Waals surface area contributed by atoms with Crippen LogP contribution in [0.3, 0.4) is 0 Å². The van der Waals surface area contributed by atoms with E-state index in [9.17, 15) is 4.79 Å². The van der Waals surface area contributed by atoms with Crippen molar-refractivity contribution in [1.29, 1.82) is 0 Å². The highest BCUT2D eigenvalue weighted by molar-refractivity contribution is 5.85. The van der Waals surface area contributed by atoms with Crippen LogP contribution in [0.2, 0.25) is 0 Å². The molecular formula is C17H24N2O2. The SMILES string of the molecule is COCC1CCCN(C(=O)C2CCc3ccccc3N2)C1. The summed E-state index contributed by atoms with van der Waals surface area (Å²) in [6, 6.07) is 8.22.